The molecule has 2 aromatic rings. The van der Waals surface area contributed by atoms with Crippen molar-refractivity contribution >= 4 is 17.5 Å². The highest BCUT2D eigenvalue weighted by molar-refractivity contribution is 6.00. The molecule has 6 nitrogen and oxygen atoms in total. The highest BCUT2D eigenvalue weighted by Crippen LogP contribution is 2.35. The van der Waals surface area contributed by atoms with E-state index in [0.29, 0.717) is 31.2 Å². The molecule has 2 aliphatic rings. The number of para-hydroxylation sites is 2. The summed E-state index contributed by atoms with van der Waals surface area (Å²) in [6, 6.07) is 15.4. The molecular weight excluding hydrogens is 368 g/mol. The summed E-state index contributed by atoms with van der Waals surface area (Å²) in [4.78, 5) is 29.3. The molecule has 29 heavy (non-hydrogen) atoms. The van der Waals surface area contributed by atoms with E-state index in [9.17, 15) is 9.59 Å². The number of likely N-dealkylation sites (tertiary alicyclic amines) is 1. The minimum atomic E-state index is -0.0832. The zero-order chi connectivity index (χ0) is 20.2. The molecule has 152 valence electrons. The fraction of sp³-hybridized carbons (Fsp3) is 0.391. The number of amides is 2. The lowest BCUT2D eigenvalue weighted by Crippen LogP contribution is -2.42. The quantitative estimate of drug-likeness (QED) is 0.778. The summed E-state index contributed by atoms with van der Waals surface area (Å²) in [5.74, 6) is 1.36. The lowest BCUT2D eigenvalue weighted by atomic mass is 10.0. The van der Waals surface area contributed by atoms with Crippen molar-refractivity contribution in [1.82, 2.24) is 4.90 Å². The summed E-state index contributed by atoms with van der Waals surface area (Å²) in [7, 11) is 0. The first-order valence-electron chi connectivity index (χ1n) is 10.2. The first-order chi connectivity index (χ1) is 14.2. The number of nitrogens with zero attached hydrogens (tertiary/aromatic N) is 2. The van der Waals surface area contributed by atoms with Crippen molar-refractivity contribution in [3.8, 4) is 11.5 Å². The molecule has 2 aliphatic heterocycles. The first kappa shape index (κ1) is 19.3. The molecular formula is C23H26N2O4. The Balaban J connectivity index is 1.52. The number of carbonyl (C=O) groups excluding carboxylic acids is 2. The molecule has 0 bridgehead atoms. The Labute approximate surface area is 171 Å². The molecule has 2 aromatic carbocycles. The highest BCUT2D eigenvalue weighted by atomic mass is 16.5. The molecule has 4 rings (SSSR count). The van der Waals surface area contributed by atoms with Gasteiger partial charge in [-0.1, -0.05) is 24.3 Å². The van der Waals surface area contributed by atoms with Crippen LogP contribution < -0.4 is 14.4 Å². The van der Waals surface area contributed by atoms with Crippen LogP contribution in [0, 0.1) is 0 Å². The van der Waals surface area contributed by atoms with E-state index in [1.54, 1.807) is 4.90 Å². The summed E-state index contributed by atoms with van der Waals surface area (Å²) in [6.45, 7) is 3.66. The van der Waals surface area contributed by atoms with Gasteiger partial charge in [0.1, 0.15) is 18.0 Å². The van der Waals surface area contributed by atoms with Crippen molar-refractivity contribution in [1.29, 1.82) is 0 Å². The third-order valence-electron chi connectivity index (χ3n) is 5.47. The van der Waals surface area contributed by atoms with Crippen molar-refractivity contribution in [2.75, 3.05) is 31.2 Å². The third-order valence-corrected chi connectivity index (χ3v) is 5.47. The second kappa shape index (κ2) is 8.55. The van der Waals surface area contributed by atoms with Crippen LogP contribution in [0.4, 0.5) is 5.69 Å². The van der Waals surface area contributed by atoms with Crippen LogP contribution in [0.1, 0.15) is 37.8 Å². The fourth-order valence-corrected chi connectivity index (χ4v) is 4.08. The predicted molar refractivity (Wildman–Crippen MR) is 110 cm³/mol. The second-order valence-corrected chi connectivity index (χ2v) is 7.29. The lowest BCUT2D eigenvalue weighted by Gasteiger charge is -2.29. The van der Waals surface area contributed by atoms with Crippen LogP contribution in [0.2, 0.25) is 0 Å². The van der Waals surface area contributed by atoms with Crippen molar-refractivity contribution in [3.63, 3.8) is 0 Å². The number of anilines is 1. The van der Waals surface area contributed by atoms with Crippen LogP contribution in [-0.4, -0.2) is 43.0 Å². The van der Waals surface area contributed by atoms with Gasteiger partial charge in [0, 0.05) is 6.54 Å². The Morgan fingerprint density at radius 3 is 2.76 bits per heavy atom. The van der Waals surface area contributed by atoms with Gasteiger partial charge in [-0.2, -0.15) is 0 Å². The zero-order valence-corrected chi connectivity index (χ0v) is 16.7. The van der Waals surface area contributed by atoms with Crippen LogP contribution >= 0.6 is 0 Å². The molecule has 0 radical (unpaired) electrons. The molecule has 0 N–H and O–H groups in total. The van der Waals surface area contributed by atoms with Crippen LogP contribution in [0.3, 0.4) is 0 Å². The highest BCUT2D eigenvalue weighted by Gasteiger charge is 2.33. The van der Waals surface area contributed by atoms with E-state index >= 15 is 0 Å². The molecule has 2 amide bonds. The number of rotatable bonds is 5. The lowest BCUT2D eigenvalue weighted by molar-refractivity contribution is -0.132. The van der Waals surface area contributed by atoms with Gasteiger partial charge in [-0.15, -0.1) is 0 Å². The topological polar surface area (TPSA) is 59.1 Å². The number of carbonyl (C=O) groups is 2. The van der Waals surface area contributed by atoms with Gasteiger partial charge in [0.15, 0.2) is 0 Å². The van der Waals surface area contributed by atoms with Crippen molar-refractivity contribution in [3.05, 3.63) is 54.1 Å². The second-order valence-electron chi connectivity index (χ2n) is 7.29. The molecule has 2 heterocycles. The molecule has 1 fully saturated rings. The number of ether oxygens (including phenoxy) is 2. The smallest absolute Gasteiger partial charge is 0.243 e. The van der Waals surface area contributed by atoms with Gasteiger partial charge in [-0.25, -0.2) is 0 Å². The van der Waals surface area contributed by atoms with Gasteiger partial charge in [0.05, 0.1) is 31.4 Å². The van der Waals surface area contributed by atoms with Crippen LogP contribution in [0.15, 0.2) is 48.5 Å². The van der Waals surface area contributed by atoms with E-state index in [-0.39, 0.29) is 30.8 Å². The van der Waals surface area contributed by atoms with E-state index in [2.05, 4.69) is 0 Å². The van der Waals surface area contributed by atoms with E-state index < -0.39 is 0 Å². The Bertz CT molecular complexity index is 881. The van der Waals surface area contributed by atoms with Gasteiger partial charge < -0.3 is 14.4 Å². The van der Waals surface area contributed by atoms with Crippen molar-refractivity contribution < 1.29 is 19.1 Å². The van der Waals surface area contributed by atoms with Gasteiger partial charge in [0.25, 0.3) is 0 Å². The predicted octanol–water partition coefficient (Wildman–Crippen LogP) is 3.56. The Morgan fingerprint density at radius 1 is 1.17 bits per heavy atom. The van der Waals surface area contributed by atoms with Crippen molar-refractivity contribution in [2.45, 2.75) is 32.2 Å². The summed E-state index contributed by atoms with van der Waals surface area (Å²) < 4.78 is 11.2. The zero-order valence-electron chi connectivity index (χ0n) is 16.7. The number of hydrogen-bond acceptors (Lipinski definition) is 4. The average molecular weight is 394 g/mol. The number of hydrogen-bond donors (Lipinski definition) is 0. The Hall–Kier alpha value is -3.02. The minimum absolute atomic E-state index is 0.0340. The number of benzene rings is 2. The number of fused-ring (bicyclic) bond motifs is 1. The first-order valence-corrected chi connectivity index (χ1v) is 10.2. The van der Waals surface area contributed by atoms with E-state index in [0.717, 1.165) is 24.2 Å². The fourth-order valence-electron chi connectivity index (χ4n) is 4.08. The largest absolute Gasteiger partial charge is 0.494 e. The maximum absolute atomic E-state index is 13.2. The van der Waals surface area contributed by atoms with Crippen LogP contribution in [0.25, 0.3) is 0 Å². The average Bonchev–Trinajstić information content (AvgIpc) is 3.17. The molecule has 0 aliphatic carbocycles. The molecule has 0 saturated carbocycles. The van der Waals surface area contributed by atoms with E-state index in [1.165, 1.54) is 0 Å². The van der Waals surface area contributed by atoms with Crippen LogP contribution in [0.5, 0.6) is 11.5 Å². The summed E-state index contributed by atoms with van der Waals surface area (Å²) >= 11 is 0. The Morgan fingerprint density at radius 2 is 1.97 bits per heavy atom. The van der Waals surface area contributed by atoms with E-state index in [1.807, 2.05) is 60.4 Å². The van der Waals surface area contributed by atoms with Gasteiger partial charge in [-0.05, 0) is 49.6 Å². The summed E-state index contributed by atoms with van der Waals surface area (Å²) in [5, 5.41) is 0. The van der Waals surface area contributed by atoms with Crippen molar-refractivity contribution in [2.24, 2.45) is 0 Å². The molecule has 0 aromatic heterocycles. The van der Waals surface area contributed by atoms with Gasteiger partial charge in [0.2, 0.25) is 11.8 Å². The molecule has 0 unspecified atom stereocenters. The minimum Gasteiger partial charge on any atom is -0.494 e. The maximum atomic E-state index is 13.2. The summed E-state index contributed by atoms with van der Waals surface area (Å²) in [5.41, 5.74) is 1.77. The van der Waals surface area contributed by atoms with Gasteiger partial charge >= 0.3 is 0 Å². The SMILES string of the molecule is CCOc1ccc([C@H]2CCCN2C(=O)CN2C(=O)CCOc3ccccc32)cc1. The van der Waals surface area contributed by atoms with Gasteiger partial charge in [-0.3, -0.25) is 14.5 Å². The molecule has 6 heteroatoms. The normalized spacial score (nSPS) is 18.8. The molecule has 1 saturated heterocycles. The van der Waals surface area contributed by atoms with E-state index in [4.69, 9.17) is 9.47 Å². The third kappa shape index (κ3) is 4.06. The maximum Gasteiger partial charge on any atom is 0.243 e. The standard InChI is InChI=1S/C23H26N2O4/c1-2-28-18-11-9-17(10-12-18)19-7-5-14-24(19)23(27)16-25-20-6-3-4-8-21(20)29-15-13-22(25)26/h3-4,6,8-12,19H,2,5,7,13-16H2,1H3/t19-/m1/s1. The monoisotopic (exact) mass is 394 g/mol. The van der Waals surface area contributed by atoms with Crippen LogP contribution in [-0.2, 0) is 9.59 Å². The molecule has 1 atom stereocenters. The molecule has 0 spiro atoms. The summed E-state index contributed by atoms with van der Waals surface area (Å²) in [6.07, 6.45) is 2.15. The Kier molecular flexibility index (Phi) is 5.69.